The van der Waals surface area contributed by atoms with Gasteiger partial charge in [0.1, 0.15) is 5.75 Å². The highest BCUT2D eigenvalue weighted by molar-refractivity contribution is 7.91. The first kappa shape index (κ1) is 17.3. The Hall–Kier alpha value is -2.48. The maximum atomic E-state index is 13.2. The number of amides is 1. The fourth-order valence-corrected chi connectivity index (χ4v) is 4.40. The standard InChI is InChI=1S/C17H15F2NO4S/c1-10(24-11-6-7-13(18)14(19)8-11)17(21)20-15-9-25(22,23)16-5-3-2-4-12(15)16/h2-8,10,15H,9H2,1H3,(H,20,21)/t10-,15-/m0/s1. The lowest BCUT2D eigenvalue weighted by Gasteiger charge is -2.18. The van der Waals surface area contributed by atoms with Crippen molar-refractivity contribution < 1.29 is 26.7 Å². The summed E-state index contributed by atoms with van der Waals surface area (Å²) in [6, 6.07) is 8.73. The molecule has 0 aliphatic carbocycles. The molecule has 2 aromatic carbocycles. The van der Waals surface area contributed by atoms with E-state index in [-0.39, 0.29) is 16.4 Å². The average molecular weight is 367 g/mol. The van der Waals surface area contributed by atoms with Crippen molar-refractivity contribution in [1.82, 2.24) is 5.32 Å². The molecule has 1 N–H and O–H groups in total. The Morgan fingerprint density at radius 1 is 1.20 bits per heavy atom. The van der Waals surface area contributed by atoms with E-state index in [0.29, 0.717) is 5.56 Å². The maximum Gasteiger partial charge on any atom is 0.261 e. The largest absolute Gasteiger partial charge is 0.481 e. The lowest BCUT2D eigenvalue weighted by Crippen LogP contribution is -2.39. The van der Waals surface area contributed by atoms with Crippen molar-refractivity contribution in [2.24, 2.45) is 0 Å². The fourth-order valence-electron chi connectivity index (χ4n) is 2.67. The third-order valence-electron chi connectivity index (χ3n) is 3.91. The molecular formula is C17H15F2NO4S. The van der Waals surface area contributed by atoms with Gasteiger partial charge in [0.05, 0.1) is 16.7 Å². The molecule has 0 bridgehead atoms. The smallest absolute Gasteiger partial charge is 0.261 e. The van der Waals surface area contributed by atoms with Crippen LogP contribution in [-0.2, 0) is 14.6 Å². The third kappa shape index (κ3) is 3.48. The van der Waals surface area contributed by atoms with Gasteiger partial charge in [-0.2, -0.15) is 0 Å². The van der Waals surface area contributed by atoms with E-state index in [1.165, 1.54) is 19.1 Å². The Balaban J connectivity index is 1.71. The van der Waals surface area contributed by atoms with Gasteiger partial charge in [-0.25, -0.2) is 17.2 Å². The molecule has 0 saturated carbocycles. The Morgan fingerprint density at radius 3 is 2.64 bits per heavy atom. The van der Waals surface area contributed by atoms with E-state index in [9.17, 15) is 22.0 Å². The van der Waals surface area contributed by atoms with Gasteiger partial charge in [-0.05, 0) is 30.7 Å². The predicted molar refractivity (Wildman–Crippen MR) is 85.8 cm³/mol. The van der Waals surface area contributed by atoms with E-state index in [4.69, 9.17) is 4.74 Å². The SMILES string of the molecule is C[C@H](Oc1ccc(F)c(F)c1)C(=O)N[C@H]1CS(=O)(=O)c2ccccc21. The number of benzene rings is 2. The van der Waals surface area contributed by atoms with E-state index in [1.54, 1.807) is 18.2 Å². The van der Waals surface area contributed by atoms with E-state index >= 15 is 0 Å². The number of hydrogen-bond acceptors (Lipinski definition) is 4. The minimum atomic E-state index is -3.44. The summed E-state index contributed by atoms with van der Waals surface area (Å²) in [7, 11) is -3.44. The molecule has 0 saturated heterocycles. The highest BCUT2D eigenvalue weighted by atomic mass is 32.2. The molecule has 8 heteroatoms. The quantitative estimate of drug-likeness (QED) is 0.901. The number of ether oxygens (including phenoxy) is 1. The molecule has 1 amide bonds. The van der Waals surface area contributed by atoms with Crippen LogP contribution in [0.1, 0.15) is 18.5 Å². The number of sulfone groups is 1. The summed E-state index contributed by atoms with van der Waals surface area (Å²) in [5.74, 6) is -2.88. The van der Waals surface area contributed by atoms with Gasteiger partial charge < -0.3 is 10.1 Å². The average Bonchev–Trinajstić information content (AvgIpc) is 2.82. The number of fused-ring (bicyclic) bond motifs is 1. The second-order valence-corrected chi connectivity index (χ2v) is 7.72. The van der Waals surface area contributed by atoms with E-state index in [1.807, 2.05) is 0 Å². The Kier molecular flexibility index (Phi) is 4.47. The predicted octanol–water partition coefficient (Wildman–Crippen LogP) is 2.38. The lowest BCUT2D eigenvalue weighted by molar-refractivity contribution is -0.127. The summed E-state index contributed by atoms with van der Waals surface area (Å²) in [6.45, 7) is 1.44. The highest BCUT2D eigenvalue weighted by Crippen LogP contribution is 2.33. The molecule has 0 spiro atoms. The molecule has 5 nitrogen and oxygen atoms in total. The van der Waals surface area contributed by atoms with Crippen LogP contribution in [0.25, 0.3) is 0 Å². The Labute approximate surface area is 143 Å². The summed E-state index contributed by atoms with van der Waals surface area (Å²) >= 11 is 0. The second kappa shape index (κ2) is 6.44. The lowest BCUT2D eigenvalue weighted by atomic mass is 10.1. The van der Waals surface area contributed by atoms with Crippen molar-refractivity contribution in [3.63, 3.8) is 0 Å². The number of hydrogen-bond donors (Lipinski definition) is 1. The topological polar surface area (TPSA) is 72.5 Å². The summed E-state index contributed by atoms with van der Waals surface area (Å²) < 4.78 is 55.6. The van der Waals surface area contributed by atoms with Crippen LogP contribution in [0.5, 0.6) is 5.75 Å². The zero-order chi connectivity index (χ0) is 18.2. The molecule has 132 valence electrons. The van der Waals surface area contributed by atoms with Crippen molar-refractivity contribution in [3.8, 4) is 5.75 Å². The number of rotatable bonds is 4. The van der Waals surface area contributed by atoms with Crippen LogP contribution in [0.3, 0.4) is 0 Å². The van der Waals surface area contributed by atoms with E-state index < -0.39 is 39.5 Å². The number of halogens is 2. The van der Waals surface area contributed by atoms with Gasteiger partial charge >= 0.3 is 0 Å². The van der Waals surface area contributed by atoms with Crippen molar-refractivity contribution in [2.75, 3.05) is 5.75 Å². The van der Waals surface area contributed by atoms with Crippen molar-refractivity contribution in [1.29, 1.82) is 0 Å². The first-order valence-electron chi connectivity index (χ1n) is 7.52. The van der Waals surface area contributed by atoms with Gasteiger partial charge in [0, 0.05) is 6.07 Å². The molecule has 1 aliphatic rings. The van der Waals surface area contributed by atoms with Crippen LogP contribution in [-0.4, -0.2) is 26.2 Å². The molecule has 0 radical (unpaired) electrons. The first-order chi connectivity index (χ1) is 11.8. The van der Waals surface area contributed by atoms with Gasteiger partial charge in [-0.1, -0.05) is 18.2 Å². The van der Waals surface area contributed by atoms with Crippen LogP contribution >= 0.6 is 0 Å². The van der Waals surface area contributed by atoms with E-state index in [0.717, 1.165) is 12.1 Å². The molecule has 2 atom stereocenters. The molecule has 1 heterocycles. The Bertz CT molecular complexity index is 930. The van der Waals surface area contributed by atoms with Crippen LogP contribution in [0.2, 0.25) is 0 Å². The zero-order valence-corrected chi connectivity index (χ0v) is 14.0. The molecule has 25 heavy (non-hydrogen) atoms. The van der Waals surface area contributed by atoms with Gasteiger partial charge in [-0.3, -0.25) is 4.79 Å². The van der Waals surface area contributed by atoms with Crippen LogP contribution in [0.15, 0.2) is 47.4 Å². The highest BCUT2D eigenvalue weighted by Gasteiger charge is 2.36. The molecule has 2 aromatic rings. The molecule has 0 unspecified atom stereocenters. The van der Waals surface area contributed by atoms with Crippen molar-refractivity contribution in [2.45, 2.75) is 24.0 Å². The summed E-state index contributed by atoms with van der Waals surface area (Å²) in [6.07, 6.45) is -1.01. The minimum Gasteiger partial charge on any atom is -0.481 e. The summed E-state index contributed by atoms with van der Waals surface area (Å²) in [5, 5.41) is 2.63. The van der Waals surface area contributed by atoms with Crippen molar-refractivity contribution >= 4 is 15.7 Å². The Morgan fingerprint density at radius 2 is 1.92 bits per heavy atom. The molecular weight excluding hydrogens is 352 g/mol. The van der Waals surface area contributed by atoms with E-state index in [2.05, 4.69) is 5.32 Å². The first-order valence-corrected chi connectivity index (χ1v) is 9.17. The third-order valence-corrected chi connectivity index (χ3v) is 5.72. The summed E-state index contributed by atoms with van der Waals surface area (Å²) in [4.78, 5) is 12.5. The fraction of sp³-hybridized carbons (Fsp3) is 0.235. The van der Waals surface area contributed by atoms with Gasteiger partial charge in [0.25, 0.3) is 5.91 Å². The monoisotopic (exact) mass is 367 g/mol. The van der Waals surface area contributed by atoms with Crippen molar-refractivity contribution in [3.05, 3.63) is 59.7 Å². The van der Waals surface area contributed by atoms with Gasteiger partial charge in [0.2, 0.25) is 0 Å². The van der Waals surface area contributed by atoms with Crippen LogP contribution in [0.4, 0.5) is 8.78 Å². The maximum absolute atomic E-state index is 13.2. The minimum absolute atomic E-state index is 0.000920. The van der Waals surface area contributed by atoms with Crippen LogP contribution in [0, 0.1) is 11.6 Å². The van der Waals surface area contributed by atoms with Crippen LogP contribution < -0.4 is 10.1 Å². The number of nitrogens with one attached hydrogen (secondary N) is 1. The zero-order valence-electron chi connectivity index (χ0n) is 13.2. The number of carbonyl (C=O) groups excluding carboxylic acids is 1. The van der Waals surface area contributed by atoms with Gasteiger partial charge in [0.15, 0.2) is 27.6 Å². The van der Waals surface area contributed by atoms with Gasteiger partial charge in [-0.15, -0.1) is 0 Å². The second-order valence-electron chi connectivity index (χ2n) is 5.72. The molecule has 0 fully saturated rings. The molecule has 0 aromatic heterocycles. The molecule has 3 rings (SSSR count). The number of carbonyl (C=O) groups is 1. The molecule has 1 aliphatic heterocycles. The summed E-state index contributed by atoms with van der Waals surface area (Å²) in [5.41, 5.74) is 0.524. The normalized spacial score (nSPS) is 19.1.